The van der Waals surface area contributed by atoms with Crippen LogP contribution in [0.4, 0.5) is 0 Å². The molecule has 0 saturated heterocycles. The molecule has 0 aliphatic carbocycles. The van der Waals surface area contributed by atoms with Gasteiger partial charge in [0.05, 0.1) is 6.61 Å². The first-order valence-corrected chi connectivity index (χ1v) is 25.8. The minimum absolute atomic E-state index is 0.0737. The normalized spacial score (nSPS) is 12.7. The molecule has 0 N–H and O–H groups in total. The van der Waals surface area contributed by atoms with Gasteiger partial charge in [-0.15, -0.1) is 0 Å². The number of rotatable bonds is 47. The van der Waals surface area contributed by atoms with Crippen molar-refractivity contribution in [3.05, 3.63) is 60.8 Å². The number of hydrogen-bond donors (Lipinski definition) is 0. The molecular formula is C55H98O5. The first-order chi connectivity index (χ1) is 29.6. The Kier molecular flexibility index (Phi) is 48.9. The van der Waals surface area contributed by atoms with E-state index in [-0.39, 0.29) is 25.2 Å². The maximum absolute atomic E-state index is 12.8. The van der Waals surface area contributed by atoms with Gasteiger partial charge in [-0.3, -0.25) is 9.59 Å². The lowest BCUT2D eigenvalue weighted by Crippen LogP contribution is -2.30. The maximum Gasteiger partial charge on any atom is 0.306 e. The van der Waals surface area contributed by atoms with Crippen LogP contribution in [-0.2, 0) is 23.8 Å². The van der Waals surface area contributed by atoms with Gasteiger partial charge in [0.2, 0.25) is 0 Å². The highest BCUT2D eigenvalue weighted by atomic mass is 16.6. The average Bonchev–Trinajstić information content (AvgIpc) is 3.25. The summed E-state index contributed by atoms with van der Waals surface area (Å²) in [4.78, 5) is 25.4. The number of ether oxygens (including phenoxy) is 3. The lowest BCUT2D eigenvalue weighted by Gasteiger charge is -2.18. The molecule has 0 radical (unpaired) electrons. The molecule has 0 aromatic heterocycles. The van der Waals surface area contributed by atoms with Crippen molar-refractivity contribution in [1.82, 2.24) is 0 Å². The molecule has 0 aromatic carbocycles. The highest BCUT2D eigenvalue weighted by molar-refractivity contribution is 5.70. The zero-order valence-corrected chi connectivity index (χ0v) is 40.0. The zero-order valence-electron chi connectivity index (χ0n) is 40.0. The van der Waals surface area contributed by atoms with Gasteiger partial charge in [0.25, 0.3) is 0 Å². The van der Waals surface area contributed by atoms with Crippen LogP contribution in [0.25, 0.3) is 0 Å². The van der Waals surface area contributed by atoms with Crippen LogP contribution in [0.2, 0.25) is 0 Å². The predicted molar refractivity (Wildman–Crippen MR) is 261 cm³/mol. The largest absolute Gasteiger partial charge is 0.462 e. The molecule has 0 aromatic rings. The Morgan fingerprint density at radius 2 is 0.700 bits per heavy atom. The first kappa shape index (κ1) is 57.6. The molecule has 0 heterocycles. The summed E-state index contributed by atoms with van der Waals surface area (Å²) in [6, 6.07) is 0. The molecule has 0 aliphatic heterocycles. The Morgan fingerprint density at radius 3 is 1.15 bits per heavy atom. The second kappa shape index (κ2) is 51.0. The van der Waals surface area contributed by atoms with Crippen molar-refractivity contribution >= 4 is 11.9 Å². The van der Waals surface area contributed by atoms with E-state index < -0.39 is 6.10 Å². The molecule has 1 unspecified atom stereocenters. The third-order valence-corrected chi connectivity index (χ3v) is 11.0. The first-order valence-electron chi connectivity index (χ1n) is 25.8. The van der Waals surface area contributed by atoms with E-state index in [4.69, 9.17) is 14.2 Å². The number of hydrogen-bond acceptors (Lipinski definition) is 5. The SMILES string of the molecule is CCCCC/C=C\C/C=C\C/C=C\CCCCCCCCC(=O)OCC(COCCCCCCCCCCCC)OC(=O)CCCCCCC/C=C\C/C=C\CCCCC. The fourth-order valence-electron chi connectivity index (χ4n) is 7.13. The smallest absolute Gasteiger partial charge is 0.306 e. The van der Waals surface area contributed by atoms with Crippen LogP contribution in [0.5, 0.6) is 0 Å². The molecule has 0 rings (SSSR count). The van der Waals surface area contributed by atoms with E-state index in [1.165, 1.54) is 135 Å². The van der Waals surface area contributed by atoms with Crippen LogP contribution < -0.4 is 0 Å². The molecule has 0 fully saturated rings. The maximum atomic E-state index is 12.8. The molecule has 1 atom stereocenters. The molecule has 0 spiro atoms. The molecule has 0 aliphatic rings. The van der Waals surface area contributed by atoms with Gasteiger partial charge in [0.1, 0.15) is 6.61 Å². The lowest BCUT2D eigenvalue weighted by atomic mass is 10.1. The second-order valence-electron chi connectivity index (χ2n) is 17.1. The molecule has 5 nitrogen and oxygen atoms in total. The number of carbonyl (C=O) groups excluding carboxylic acids is 2. The van der Waals surface area contributed by atoms with Crippen molar-refractivity contribution in [3.63, 3.8) is 0 Å². The van der Waals surface area contributed by atoms with Gasteiger partial charge in [-0.2, -0.15) is 0 Å². The number of esters is 2. The summed E-state index contributed by atoms with van der Waals surface area (Å²) >= 11 is 0. The summed E-state index contributed by atoms with van der Waals surface area (Å²) in [6.07, 6.45) is 63.6. The fourth-order valence-corrected chi connectivity index (χ4v) is 7.13. The van der Waals surface area contributed by atoms with Gasteiger partial charge in [-0.05, 0) is 89.9 Å². The molecule has 60 heavy (non-hydrogen) atoms. The molecular weight excluding hydrogens is 741 g/mol. The number of carbonyl (C=O) groups is 2. The Balaban J connectivity index is 4.25. The molecule has 5 heteroatoms. The van der Waals surface area contributed by atoms with Gasteiger partial charge < -0.3 is 14.2 Å². The van der Waals surface area contributed by atoms with Crippen LogP contribution >= 0.6 is 0 Å². The van der Waals surface area contributed by atoms with Crippen molar-refractivity contribution in [3.8, 4) is 0 Å². The average molecular weight is 839 g/mol. The Labute approximate surface area is 373 Å². The lowest BCUT2D eigenvalue weighted by molar-refractivity contribution is -0.163. The van der Waals surface area contributed by atoms with Crippen LogP contribution in [-0.4, -0.2) is 37.9 Å². The van der Waals surface area contributed by atoms with Gasteiger partial charge in [-0.1, -0.05) is 210 Å². The monoisotopic (exact) mass is 839 g/mol. The molecule has 348 valence electrons. The van der Waals surface area contributed by atoms with E-state index in [1.54, 1.807) is 0 Å². The highest BCUT2D eigenvalue weighted by Crippen LogP contribution is 2.14. The minimum atomic E-state index is -0.546. The van der Waals surface area contributed by atoms with Gasteiger partial charge in [-0.25, -0.2) is 0 Å². The van der Waals surface area contributed by atoms with E-state index in [1.807, 2.05) is 0 Å². The van der Waals surface area contributed by atoms with Crippen molar-refractivity contribution in [2.75, 3.05) is 19.8 Å². The van der Waals surface area contributed by atoms with Crippen molar-refractivity contribution < 1.29 is 23.8 Å². The number of allylic oxidation sites excluding steroid dienone is 10. The summed E-state index contributed by atoms with van der Waals surface area (Å²) in [5.74, 6) is -0.422. The van der Waals surface area contributed by atoms with Crippen molar-refractivity contribution in [2.24, 2.45) is 0 Å². The minimum Gasteiger partial charge on any atom is -0.462 e. The van der Waals surface area contributed by atoms with Crippen molar-refractivity contribution in [2.45, 2.75) is 258 Å². The number of unbranched alkanes of at least 4 members (excludes halogenated alkanes) is 26. The summed E-state index contributed by atoms with van der Waals surface area (Å²) < 4.78 is 17.4. The Bertz CT molecular complexity index is 1040. The summed E-state index contributed by atoms with van der Waals surface area (Å²) in [6.45, 7) is 7.76. The zero-order chi connectivity index (χ0) is 43.5. The van der Waals surface area contributed by atoms with Crippen molar-refractivity contribution in [1.29, 1.82) is 0 Å². The highest BCUT2D eigenvalue weighted by Gasteiger charge is 2.17. The Hall–Kier alpha value is -2.40. The van der Waals surface area contributed by atoms with E-state index in [0.29, 0.717) is 19.4 Å². The standard InChI is InChI=1S/C55H98O5/c1-4-7-10-13-16-19-22-24-26-27-28-29-31-32-34-36-39-42-45-48-54(56)59-52-53(51-58-50-47-44-41-38-21-18-15-12-9-6-3)60-55(57)49-46-43-40-37-35-33-30-25-23-20-17-14-11-8-5-2/h16-17,19-20,24-26,28-30,53H,4-15,18,21-23,27,31-52H2,1-3H3/b19-16-,20-17-,26-24-,29-28-,30-25-. The third kappa shape index (κ3) is 48.3. The third-order valence-electron chi connectivity index (χ3n) is 11.0. The van der Waals surface area contributed by atoms with E-state index in [9.17, 15) is 9.59 Å². The van der Waals surface area contributed by atoms with Gasteiger partial charge in [0, 0.05) is 19.4 Å². The van der Waals surface area contributed by atoms with E-state index in [2.05, 4.69) is 81.5 Å². The predicted octanol–water partition coefficient (Wildman–Crippen LogP) is 17.3. The van der Waals surface area contributed by atoms with E-state index >= 15 is 0 Å². The van der Waals surface area contributed by atoms with Gasteiger partial charge in [0.15, 0.2) is 6.10 Å². The summed E-state index contributed by atoms with van der Waals surface area (Å²) in [5, 5.41) is 0. The van der Waals surface area contributed by atoms with E-state index in [0.717, 1.165) is 83.5 Å². The van der Waals surface area contributed by atoms with Crippen LogP contribution in [0, 0.1) is 0 Å². The van der Waals surface area contributed by atoms with Gasteiger partial charge >= 0.3 is 11.9 Å². The molecule has 0 amide bonds. The molecule has 0 saturated carbocycles. The van der Waals surface area contributed by atoms with Crippen LogP contribution in [0.1, 0.15) is 252 Å². The summed E-state index contributed by atoms with van der Waals surface area (Å²) in [5.41, 5.74) is 0. The quantitative estimate of drug-likeness (QED) is 0.0347. The fraction of sp³-hybridized carbons (Fsp3) is 0.782. The Morgan fingerprint density at radius 1 is 0.367 bits per heavy atom. The van der Waals surface area contributed by atoms with Crippen LogP contribution in [0.3, 0.4) is 0 Å². The summed E-state index contributed by atoms with van der Waals surface area (Å²) in [7, 11) is 0. The van der Waals surface area contributed by atoms with Crippen LogP contribution in [0.15, 0.2) is 60.8 Å². The second-order valence-corrected chi connectivity index (χ2v) is 17.1. The topological polar surface area (TPSA) is 61.8 Å². The molecule has 0 bridgehead atoms.